The summed E-state index contributed by atoms with van der Waals surface area (Å²) in [4.78, 5) is 0. The van der Waals surface area contributed by atoms with E-state index in [1.54, 1.807) is 0 Å². The summed E-state index contributed by atoms with van der Waals surface area (Å²) in [5.74, 6) is 1.13. The molecule has 0 spiro atoms. The molecule has 2 aliphatic rings. The van der Waals surface area contributed by atoms with Crippen LogP contribution in [0.2, 0.25) is 0 Å². The monoisotopic (exact) mass is 386 g/mol. The molecule has 23 heavy (non-hydrogen) atoms. The molecule has 0 aromatic heterocycles. The van der Waals surface area contributed by atoms with Gasteiger partial charge in [0.25, 0.3) is 0 Å². The standard InChI is InChI=1S/2C11H17.Sr/c2*1-5-6-11-7-8(2)9(3)10(11)4;/h2*8H,5-6H2,1-4H3;/q2*-1;+2. The molecule has 2 rings (SSSR count). The molecule has 0 N–H and O–H groups in total. The van der Waals surface area contributed by atoms with Crippen LogP contribution in [0.3, 0.4) is 0 Å². The Balaban J connectivity index is 0.000000403. The molecule has 0 saturated heterocycles. The molecule has 0 nitrogen and oxygen atoms in total. The molecule has 124 valence electrons. The Morgan fingerprint density at radius 3 is 1.17 bits per heavy atom. The molecule has 0 amide bonds. The molecule has 0 aromatic rings. The van der Waals surface area contributed by atoms with Gasteiger partial charge in [0.2, 0.25) is 0 Å². The average Bonchev–Trinajstić information content (AvgIpc) is 2.86. The minimum atomic E-state index is 0. The Morgan fingerprint density at radius 2 is 1.00 bits per heavy atom. The third-order valence-electron chi connectivity index (χ3n) is 5.17. The molecule has 2 aliphatic carbocycles. The summed E-state index contributed by atoms with van der Waals surface area (Å²) >= 11 is 0. The molecular weight excluding hydrogens is 352 g/mol. The van der Waals surface area contributed by atoms with Gasteiger partial charge in [0.1, 0.15) is 0 Å². The second kappa shape index (κ2) is 11.1. The van der Waals surface area contributed by atoms with Crippen molar-refractivity contribution in [1.82, 2.24) is 0 Å². The fourth-order valence-corrected chi connectivity index (χ4v) is 3.10. The Bertz CT molecular complexity index is 466. The maximum atomic E-state index is 3.50. The molecule has 0 aliphatic heterocycles. The second-order valence-corrected chi connectivity index (χ2v) is 6.81. The first-order valence-corrected chi connectivity index (χ1v) is 8.93. The molecule has 1 heteroatoms. The van der Waals surface area contributed by atoms with Gasteiger partial charge in [-0.25, -0.2) is 11.1 Å². The second-order valence-electron chi connectivity index (χ2n) is 6.81. The molecule has 0 bridgehead atoms. The van der Waals surface area contributed by atoms with Crippen molar-refractivity contribution in [3.8, 4) is 0 Å². The molecule has 0 heterocycles. The van der Waals surface area contributed by atoms with Crippen LogP contribution in [0.1, 0.15) is 81.1 Å². The third-order valence-corrected chi connectivity index (χ3v) is 5.17. The normalized spacial score (nSPS) is 23.3. The first kappa shape index (κ1) is 23.4. The quantitative estimate of drug-likeness (QED) is 0.376. The van der Waals surface area contributed by atoms with E-state index in [2.05, 4.69) is 67.5 Å². The maximum Gasteiger partial charge on any atom is 2.00 e. The SMILES string of the molecule is CCCC1=[C-]C(C)C(C)=C1C.CCCC1=[C-]C(C)C(C)=C1C.[Sr+2]. The van der Waals surface area contributed by atoms with Crippen LogP contribution in [0.25, 0.3) is 0 Å². The van der Waals surface area contributed by atoms with Crippen LogP contribution in [0.5, 0.6) is 0 Å². The van der Waals surface area contributed by atoms with Gasteiger partial charge in [-0.15, -0.1) is 13.8 Å². The summed E-state index contributed by atoms with van der Waals surface area (Å²) in [5.41, 5.74) is 8.90. The van der Waals surface area contributed by atoms with Crippen molar-refractivity contribution in [1.29, 1.82) is 0 Å². The van der Waals surface area contributed by atoms with E-state index in [1.165, 1.54) is 59.1 Å². The molecule has 0 radical (unpaired) electrons. The largest absolute Gasteiger partial charge is 2.00 e. The smallest absolute Gasteiger partial charge is 0.266 e. The van der Waals surface area contributed by atoms with Crippen molar-refractivity contribution in [3.63, 3.8) is 0 Å². The van der Waals surface area contributed by atoms with Gasteiger partial charge in [0.05, 0.1) is 0 Å². The molecule has 2 atom stereocenters. The molecule has 0 aromatic carbocycles. The van der Waals surface area contributed by atoms with Crippen LogP contribution in [-0.4, -0.2) is 45.5 Å². The predicted octanol–water partition coefficient (Wildman–Crippen LogP) is 6.62. The van der Waals surface area contributed by atoms with Crippen LogP contribution in [0.4, 0.5) is 0 Å². The first-order valence-electron chi connectivity index (χ1n) is 8.93. The van der Waals surface area contributed by atoms with Crippen molar-refractivity contribution in [2.24, 2.45) is 11.8 Å². The van der Waals surface area contributed by atoms with Gasteiger partial charge < -0.3 is 0 Å². The zero-order valence-corrected chi connectivity index (χ0v) is 20.2. The molecule has 2 unspecified atom stereocenters. The van der Waals surface area contributed by atoms with Crippen LogP contribution in [0.15, 0.2) is 33.4 Å². The van der Waals surface area contributed by atoms with Crippen molar-refractivity contribution in [2.45, 2.75) is 81.1 Å². The summed E-state index contributed by atoms with van der Waals surface area (Å²) in [5, 5.41) is 0. The summed E-state index contributed by atoms with van der Waals surface area (Å²) in [6.07, 6.45) is 11.9. The van der Waals surface area contributed by atoms with Gasteiger partial charge in [-0.05, 0) is 0 Å². The van der Waals surface area contributed by atoms with Crippen molar-refractivity contribution >= 4 is 45.5 Å². The minimum Gasteiger partial charge on any atom is -0.266 e. The van der Waals surface area contributed by atoms with E-state index in [0.717, 1.165) is 0 Å². The maximum absolute atomic E-state index is 3.50. The van der Waals surface area contributed by atoms with E-state index >= 15 is 0 Å². The van der Waals surface area contributed by atoms with Crippen LogP contribution in [0, 0.1) is 24.0 Å². The van der Waals surface area contributed by atoms with Crippen LogP contribution >= 0.6 is 0 Å². The minimum absolute atomic E-state index is 0. The van der Waals surface area contributed by atoms with Crippen LogP contribution in [-0.2, 0) is 0 Å². The van der Waals surface area contributed by atoms with Gasteiger partial charge in [-0.2, -0.15) is 22.3 Å². The number of hydrogen-bond acceptors (Lipinski definition) is 0. The van der Waals surface area contributed by atoms with E-state index in [9.17, 15) is 0 Å². The van der Waals surface area contributed by atoms with Gasteiger partial charge in [0, 0.05) is 0 Å². The summed E-state index contributed by atoms with van der Waals surface area (Å²) < 4.78 is 0. The molecule has 0 fully saturated rings. The topological polar surface area (TPSA) is 0 Å². The van der Waals surface area contributed by atoms with Gasteiger partial charge >= 0.3 is 45.5 Å². The Labute approximate surface area is 182 Å². The first-order chi connectivity index (χ1) is 10.3. The average molecular weight is 386 g/mol. The zero-order chi connectivity index (χ0) is 16.9. The summed E-state index contributed by atoms with van der Waals surface area (Å²) in [6.45, 7) is 17.8. The van der Waals surface area contributed by atoms with Crippen molar-refractivity contribution in [3.05, 3.63) is 45.6 Å². The van der Waals surface area contributed by atoms with E-state index in [1.807, 2.05) is 0 Å². The number of rotatable bonds is 4. The van der Waals surface area contributed by atoms with E-state index in [4.69, 9.17) is 0 Å². The zero-order valence-electron chi connectivity index (χ0n) is 16.7. The third kappa shape index (κ3) is 6.35. The summed E-state index contributed by atoms with van der Waals surface area (Å²) in [7, 11) is 0. The van der Waals surface area contributed by atoms with Gasteiger partial charge in [0.15, 0.2) is 0 Å². The van der Waals surface area contributed by atoms with Crippen LogP contribution < -0.4 is 0 Å². The predicted molar refractivity (Wildman–Crippen MR) is 104 cm³/mol. The van der Waals surface area contributed by atoms with Gasteiger partial charge in [-0.1, -0.05) is 79.1 Å². The van der Waals surface area contributed by atoms with Gasteiger partial charge in [-0.3, -0.25) is 12.2 Å². The van der Waals surface area contributed by atoms with E-state index < -0.39 is 0 Å². The summed E-state index contributed by atoms with van der Waals surface area (Å²) in [6, 6.07) is 0. The molecule has 0 saturated carbocycles. The fourth-order valence-electron chi connectivity index (χ4n) is 3.10. The number of allylic oxidation sites excluding steroid dienone is 8. The fraction of sp³-hybridized carbons (Fsp3) is 0.636. The Kier molecular flexibility index (Phi) is 11.3. The van der Waals surface area contributed by atoms with Crippen molar-refractivity contribution in [2.75, 3.05) is 0 Å². The number of hydrogen-bond donors (Lipinski definition) is 0. The Hall–Kier alpha value is 0.441. The van der Waals surface area contributed by atoms with E-state index in [0.29, 0.717) is 11.8 Å². The van der Waals surface area contributed by atoms with Crippen molar-refractivity contribution < 1.29 is 0 Å². The van der Waals surface area contributed by atoms with E-state index in [-0.39, 0.29) is 45.5 Å². The Morgan fingerprint density at radius 1 is 0.696 bits per heavy atom. The molecular formula is C22H34Sr.